The Morgan fingerprint density at radius 1 is 1.16 bits per heavy atom. The largest absolute Gasteiger partial charge is 0.505 e. The van der Waals surface area contributed by atoms with E-state index in [9.17, 15) is 14.7 Å². The first kappa shape index (κ1) is 18.2. The van der Waals surface area contributed by atoms with Crippen molar-refractivity contribution in [1.29, 1.82) is 0 Å². The van der Waals surface area contributed by atoms with Crippen molar-refractivity contribution in [3.63, 3.8) is 0 Å². The lowest BCUT2D eigenvalue weighted by Crippen LogP contribution is -2.34. The van der Waals surface area contributed by atoms with Gasteiger partial charge in [0.1, 0.15) is 5.75 Å². The van der Waals surface area contributed by atoms with Crippen molar-refractivity contribution < 1.29 is 14.7 Å². The van der Waals surface area contributed by atoms with E-state index >= 15 is 0 Å². The molecule has 0 bridgehead atoms. The van der Waals surface area contributed by atoms with Crippen LogP contribution in [0.4, 0.5) is 0 Å². The zero-order chi connectivity index (χ0) is 18.2. The van der Waals surface area contributed by atoms with Crippen molar-refractivity contribution >= 4 is 17.9 Å². The highest BCUT2D eigenvalue weighted by atomic mass is 16.3. The van der Waals surface area contributed by atoms with E-state index in [2.05, 4.69) is 21.7 Å². The van der Waals surface area contributed by atoms with Crippen LogP contribution >= 0.6 is 0 Å². The summed E-state index contributed by atoms with van der Waals surface area (Å²) < 4.78 is 0. The number of aromatic hydroxyl groups is 1. The van der Waals surface area contributed by atoms with Gasteiger partial charge in [0, 0.05) is 25.4 Å². The fourth-order valence-electron chi connectivity index (χ4n) is 2.25. The number of nitrogens with zero attached hydrogens (tertiary/aromatic N) is 1. The number of hydrogen-bond acceptors (Lipinski definition) is 4. The zero-order valence-corrected chi connectivity index (χ0v) is 14.2. The number of carbonyl (C=O) groups is 2. The first-order chi connectivity index (χ1) is 12.0. The van der Waals surface area contributed by atoms with Gasteiger partial charge < -0.3 is 15.7 Å². The van der Waals surface area contributed by atoms with Crippen LogP contribution in [0.25, 0.3) is 6.08 Å². The van der Waals surface area contributed by atoms with Gasteiger partial charge in [0.2, 0.25) is 5.91 Å². The summed E-state index contributed by atoms with van der Waals surface area (Å²) in [6.45, 7) is 4.52. The number of pyridine rings is 1. The molecule has 6 nitrogen and oxygen atoms in total. The van der Waals surface area contributed by atoms with Gasteiger partial charge in [0.25, 0.3) is 5.91 Å². The quantitative estimate of drug-likeness (QED) is 0.554. The molecule has 0 aliphatic rings. The molecule has 3 N–H and O–H groups in total. The van der Waals surface area contributed by atoms with Crippen LogP contribution in [-0.2, 0) is 4.79 Å². The second-order valence-corrected chi connectivity index (χ2v) is 5.61. The summed E-state index contributed by atoms with van der Waals surface area (Å²) in [5.41, 5.74) is 3.23. The van der Waals surface area contributed by atoms with Crippen molar-refractivity contribution in [2.45, 2.75) is 13.8 Å². The molecule has 0 unspecified atom stereocenters. The third kappa shape index (κ3) is 5.46. The maximum absolute atomic E-state index is 11.8. The minimum Gasteiger partial charge on any atom is -0.505 e. The van der Waals surface area contributed by atoms with Crippen LogP contribution in [0.15, 0.2) is 42.6 Å². The Labute approximate surface area is 146 Å². The van der Waals surface area contributed by atoms with Crippen molar-refractivity contribution in [1.82, 2.24) is 15.6 Å². The van der Waals surface area contributed by atoms with Gasteiger partial charge in [-0.15, -0.1) is 0 Å². The number of aryl methyl sites for hydroxylation is 2. The van der Waals surface area contributed by atoms with Crippen molar-refractivity contribution in [2.24, 2.45) is 0 Å². The lowest BCUT2D eigenvalue weighted by atomic mass is 10.1. The predicted molar refractivity (Wildman–Crippen MR) is 96.2 cm³/mol. The SMILES string of the molecule is Cc1ccc(/C=C/C(=O)NCCNC(=O)c2ncccc2O)c(C)c1. The highest BCUT2D eigenvalue weighted by molar-refractivity contribution is 5.95. The smallest absolute Gasteiger partial charge is 0.273 e. The van der Waals surface area contributed by atoms with Crippen LogP contribution in [0.2, 0.25) is 0 Å². The molecule has 0 radical (unpaired) electrons. The van der Waals surface area contributed by atoms with Crippen LogP contribution in [-0.4, -0.2) is 35.0 Å². The summed E-state index contributed by atoms with van der Waals surface area (Å²) in [7, 11) is 0. The first-order valence-corrected chi connectivity index (χ1v) is 7.92. The van der Waals surface area contributed by atoms with E-state index in [1.54, 1.807) is 6.08 Å². The number of amides is 2. The van der Waals surface area contributed by atoms with Gasteiger partial charge >= 0.3 is 0 Å². The lowest BCUT2D eigenvalue weighted by molar-refractivity contribution is -0.116. The zero-order valence-electron chi connectivity index (χ0n) is 14.2. The average molecular weight is 339 g/mol. The number of aromatic nitrogens is 1. The lowest BCUT2D eigenvalue weighted by Gasteiger charge is -2.06. The average Bonchev–Trinajstić information content (AvgIpc) is 2.58. The summed E-state index contributed by atoms with van der Waals surface area (Å²) >= 11 is 0. The second-order valence-electron chi connectivity index (χ2n) is 5.61. The number of rotatable bonds is 6. The first-order valence-electron chi connectivity index (χ1n) is 7.92. The molecule has 1 aromatic heterocycles. The number of nitrogens with one attached hydrogen (secondary N) is 2. The van der Waals surface area contributed by atoms with Crippen molar-refractivity contribution in [3.05, 3.63) is 65.0 Å². The van der Waals surface area contributed by atoms with Gasteiger partial charge in [-0.2, -0.15) is 0 Å². The fraction of sp³-hybridized carbons (Fsp3) is 0.211. The second kappa shape index (κ2) is 8.63. The maximum Gasteiger partial charge on any atom is 0.273 e. The molecule has 0 atom stereocenters. The molecule has 2 amide bonds. The molecule has 0 aliphatic carbocycles. The molecule has 1 aromatic carbocycles. The molecular formula is C19H21N3O3. The van der Waals surface area contributed by atoms with E-state index in [0.717, 1.165) is 11.1 Å². The van der Waals surface area contributed by atoms with E-state index in [-0.39, 0.29) is 30.4 Å². The molecule has 0 spiro atoms. The van der Waals surface area contributed by atoms with Crippen molar-refractivity contribution in [3.8, 4) is 5.75 Å². The van der Waals surface area contributed by atoms with Gasteiger partial charge in [-0.1, -0.05) is 23.8 Å². The van der Waals surface area contributed by atoms with Crippen LogP contribution in [0, 0.1) is 13.8 Å². The van der Waals surface area contributed by atoms with Crippen LogP contribution in [0.3, 0.4) is 0 Å². The molecule has 2 aromatic rings. The Morgan fingerprint density at radius 3 is 2.64 bits per heavy atom. The van der Waals surface area contributed by atoms with Gasteiger partial charge in [-0.25, -0.2) is 4.98 Å². The maximum atomic E-state index is 11.8. The Morgan fingerprint density at radius 2 is 1.92 bits per heavy atom. The fourth-order valence-corrected chi connectivity index (χ4v) is 2.25. The predicted octanol–water partition coefficient (Wildman–Crippen LogP) is 1.96. The third-order valence-electron chi connectivity index (χ3n) is 3.55. The normalized spacial score (nSPS) is 10.6. The highest BCUT2D eigenvalue weighted by Crippen LogP contribution is 2.12. The summed E-state index contributed by atoms with van der Waals surface area (Å²) in [4.78, 5) is 27.4. The van der Waals surface area contributed by atoms with Gasteiger partial charge in [0.05, 0.1) is 0 Å². The molecule has 0 fully saturated rings. The molecule has 0 saturated carbocycles. The molecule has 130 valence electrons. The van der Waals surface area contributed by atoms with Crippen LogP contribution < -0.4 is 10.6 Å². The Bertz CT molecular complexity index is 800. The minimum atomic E-state index is -0.488. The summed E-state index contributed by atoms with van der Waals surface area (Å²) in [6.07, 6.45) is 4.65. The number of hydrogen-bond donors (Lipinski definition) is 3. The molecular weight excluding hydrogens is 318 g/mol. The molecule has 0 saturated heterocycles. The van der Waals surface area contributed by atoms with Crippen LogP contribution in [0.1, 0.15) is 27.2 Å². The Kier molecular flexibility index (Phi) is 6.28. The summed E-state index contributed by atoms with van der Waals surface area (Å²) in [5.74, 6) is -0.909. The van der Waals surface area contributed by atoms with Crippen molar-refractivity contribution in [2.75, 3.05) is 13.1 Å². The van der Waals surface area contributed by atoms with E-state index in [1.165, 1.54) is 30.0 Å². The summed E-state index contributed by atoms with van der Waals surface area (Å²) in [6, 6.07) is 8.94. The van der Waals surface area contributed by atoms with E-state index < -0.39 is 5.91 Å². The number of carbonyl (C=O) groups excluding carboxylic acids is 2. The van der Waals surface area contributed by atoms with Crippen LogP contribution in [0.5, 0.6) is 5.75 Å². The number of benzene rings is 1. The molecule has 25 heavy (non-hydrogen) atoms. The summed E-state index contributed by atoms with van der Waals surface area (Å²) in [5, 5.41) is 14.8. The molecule has 2 rings (SSSR count). The Hall–Kier alpha value is -3.15. The Balaban J connectivity index is 1.76. The van der Waals surface area contributed by atoms with Gasteiger partial charge in [-0.05, 0) is 43.2 Å². The highest BCUT2D eigenvalue weighted by Gasteiger charge is 2.10. The van der Waals surface area contributed by atoms with E-state index in [4.69, 9.17) is 0 Å². The van der Waals surface area contributed by atoms with Gasteiger partial charge in [-0.3, -0.25) is 9.59 Å². The molecule has 6 heteroatoms. The molecule has 1 heterocycles. The topological polar surface area (TPSA) is 91.3 Å². The van der Waals surface area contributed by atoms with E-state index in [1.807, 2.05) is 26.0 Å². The van der Waals surface area contributed by atoms with Gasteiger partial charge in [0.15, 0.2) is 5.69 Å². The minimum absolute atomic E-state index is 0.0384. The van der Waals surface area contributed by atoms with E-state index in [0.29, 0.717) is 0 Å². The third-order valence-corrected chi connectivity index (χ3v) is 3.55. The monoisotopic (exact) mass is 339 g/mol. The molecule has 0 aliphatic heterocycles. The standard InChI is InChI=1S/C19H21N3O3/c1-13-5-6-15(14(2)12-13)7-8-17(24)20-10-11-22-19(25)18-16(23)4-3-9-21-18/h3-9,12,23H,10-11H2,1-2H3,(H,20,24)(H,22,25)/b8-7+.